The summed E-state index contributed by atoms with van der Waals surface area (Å²) in [5, 5.41) is 0.653. The molecule has 372 valence electrons. The van der Waals surface area contributed by atoms with Gasteiger partial charge in [0.1, 0.15) is 40.8 Å². The molecule has 1 unspecified atom stereocenters. The van der Waals surface area contributed by atoms with E-state index in [1.54, 1.807) is 31.7 Å². The lowest BCUT2D eigenvalue weighted by molar-refractivity contribution is -0.463. The molecule has 5 atom stereocenters. The largest absolute Gasteiger partial charge is 0.468 e. The zero-order chi connectivity index (χ0) is 49.8. The number of fused-ring (bicyclic) bond motifs is 7. The average molecular weight is 987 g/mol. The first kappa shape index (κ1) is 48.5. The highest BCUT2D eigenvalue weighted by Gasteiger charge is 2.86. The molecule has 4 saturated heterocycles. The summed E-state index contributed by atoms with van der Waals surface area (Å²) in [5.41, 5.74) is -9.25. The number of amides is 1. The van der Waals surface area contributed by atoms with Crippen molar-refractivity contribution in [2.24, 2.45) is 0 Å². The number of aromatic nitrogens is 3. The van der Waals surface area contributed by atoms with Gasteiger partial charge < -0.3 is 28.6 Å². The van der Waals surface area contributed by atoms with Crippen LogP contribution < -0.4 is 14.4 Å². The molecule has 0 radical (unpaired) electrons. The Morgan fingerprint density at radius 2 is 1.62 bits per heavy atom. The number of ether oxygens (including phenoxy) is 5. The van der Waals surface area contributed by atoms with Gasteiger partial charge in [-0.15, -0.1) is 6.42 Å². The molecule has 2 aromatic carbocycles. The van der Waals surface area contributed by atoms with Gasteiger partial charge in [-0.05, 0) is 95.8 Å². The summed E-state index contributed by atoms with van der Waals surface area (Å²) >= 11 is 0. The Balaban J connectivity index is 1.16. The smallest absolute Gasteiger partial charge is 0.435 e. The van der Waals surface area contributed by atoms with Gasteiger partial charge in [-0.25, -0.2) is 18.6 Å². The topological polar surface area (TPSA) is 112 Å². The lowest BCUT2D eigenvalue weighted by atomic mass is 9.93. The average Bonchev–Trinajstić information content (AvgIpc) is 3.87. The van der Waals surface area contributed by atoms with Crippen LogP contribution in [0.15, 0.2) is 24.3 Å². The molecule has 12 nitrogen and oxygen atoms in total. The lowest BCUT2D eigenvalue weighted by Crippen LogP contribution is -2.68. The highest BCUT2D eigenvalue weighted by molar-refractivity contribution is 6.03. The van der Waals surface area contributed by atoms with Crippen LogP contribution in [0.3, 0.4) is 0 Å². The molecule has 5 aliphatic rings. The van der Waals surface area contributed by atoms with Gasteiger partial charge in [-0.1, -0.05) is 12.0 Å². The van der Waals surface area contributed by atoms with Crippen molar-refractivity contribution in [1.29, 1.82) is 0 Å². The van der Waals surface area contributed by atoms with E-state index in [4.69, 9.17) is 35.3 Å². The number of terminal acetylenes is 1. The summed E-state index contributed by atoms with van der Waals surface area (Å²) in [4.78, 5) is 32.9. The quantitative estimate of drug-likeness (QED) is 0.0909. The highest BCUT2D eigenvalue weighted by Crippen LogP contribution is 2.57. The second kappa shape index (κ2) is 16.9. The van der Waals surface area contributed by atoms with Crippen LogP contribution in [0.25, 0.3) is 32.9 Å². The minimum atomic E-state index is -6.92. The summed E-state index contributed by atoms with van der Waals surface area (Å²) in [7, 11) is 1.39. The van der Waals surface area contributed by atoms with Crippen LogP contribution in [0.4, 0.5) is 58.9 Å². The van der Waals surface area contributed by atoms with E-state index in [1.807, 2.05) is 4.90 Å². The normalized spacial score (nSPS) is 24.1. The molecule has 1 amide bonds. The minimum Gasteiger partial charge on any atom is -0.468 e. The van der Waals surface area contributed by atoms with Crippen molar-refractivity contribution < 1.29 is 76.8 Å². The summed E-state index contributed by atoms with van der Waals surface area (Å²) < 4.78 is 186. The van der Waals surface area contributed by atoms with E-state index in [0.717, 1.165) is 6.07 Å². The number of piperazine rings is 1. The van der Waals surface area contributed by atoms with Gasteiger partial charge in [0.05, 0.1) is 46.4 Å². The van der Waals surface area contributed by atoms with Gasteiger partial charge in [0.25, 0.3) is 0 Å². The predicted octanol–water partition coefficient (Wildman–Crippen LogP) is 9.42. The Bertz CT molecular complexity index is 2700. The first-order valence-electron chi connectivity index (χ1n) is 22.1. The number of benzene rings is 2. The van der Waals surface area contributed by atoms with Crippen molar-refractivity contribution in [2.45, 2.75) is 125 Å². The standard InChI is InChI=1S/C46H45F11N6O6/c1-6-27-29(47)10-8-23-16-25(67-22-65-5)17-28(33(23)27)36-35(48)37-34-30(58-36)11-13-31-32-12-9-24(63(32)40(64)69-41(2,3)4)19-62(31)38(34)60-39(59-37)66-21-42-14-7-15-61(42)20-26(18-42)68-43(44(49,50)51,45(52,53)54)46(55,56)57/h1,8,10,16-17,24,26,31-32H,7,9,11-15,18-22H2,2-5H3/t24-,26+,31-,32+,42?/m1/s1. The van der Waals surface area contributed by atoms with Crippen LogP contribution in [0.2, 0.25) is 0 Å². The van der Waals surface area contributed by atoms with E-state index >= 15 is 8.78 Å². The molecule has 2 bridgehead atoms. The monoisotopic (exact) mass is 986 g/mol. The number of carbonyl (C=O) groups excluding carboxylic acids is 1. The van der Waals surface area contributed by atoms with Crippen LogP contribution in [-0.2, 0) is 20.6 Å². The Hall–Kier alpha value is -5.47. The number of hydrogen-bond acceptors (Lipinski definition) is 11. The molecule has 2 aromatic heterocycles. The van der Waals surface area contributed by atoms with E-state index in [9.17, 15) is 44.3 Å². The van der Waals surface area contributed by atoms with Gasteiger partial charge in [0, 0.05) is 31.1 Å². The molecule has 4 aromatic rings. The number of pyridine rings is 1. The van der Waals surface area contributed by atoms with Gasteiger partial charge in [-0.2, -0.15) is 49.5 Å². The van der Waals surface area contributed by atoms with Gasteiger partial charge in [0.2, 0.25) is 0 Å². The molecule has 7 heterocycles. The third kappa shape index (κ3) is 8.07. The SMILES string of the molecule is C#Cc1c(F)ccc2cc(OCOC)cc(-c3nc4c5c(nc(OCC67CCCN6C[C@@H](OC(C(F)(F)F)(C(F)(F)F)C(F)(F)F)C7)nc5c3F)N3C[C@H]5CC[C@@H]([C@H]3CC4)N5C(=O)OC(C)(C)C)c12. The minimum absolute atomic E-state index is 0.0200. The Kier molecular flexibility index (Phi) is 11.9. The summed E-state index contributed by atoms with van der Waals surface area (Å²) in [5.74, 6) is 0.867. The van der Waals surface area contributed by atoms with E-state index in [-0.39, 0.29) is 83.4 Å². The molecule has 23 heteroatoms. The fourth-order valence-corrected chi connectivity index (χ4v) is 11.0. The third-order valence-corrected chi connectivity index (χ3v) is 13.7. The number of aryl methyl sites for hydroxylation is 1. The van der Waals surface area contributed by atoms with Gasteiger partial charge in [-0.3, -0.25) is 9.80 Å². The number of nitrogens with zero attached hydrogens (tertiary/aromatic N) is 6. The first-order valence-corrected chi connectivity index (χ1v) is 22.1. The fraction of sp³-hybridized carbons (Fsp3) is 0.565. The van der Waals surface area contributed by atoms with E-state index < -0.39 is 96.8 Å². The number of anilines is 1. The fourth-order valence-electron chi connectivity index (χ4n) is 11.0. The Labute approximate surface area is 387 Å². The number of halogens is 11. The zero-order valence-corrected chi connectivity index (χ0v) is 37.5. The van der Waals surface area contributed by atoms with Crippen molar-refractivity contribution in [3.63, 3.8) is 0 Å². The van der Waals surface area contributed by atoms with Crippen LogP contribution in [0.1, 0.15) is 70.6 Å². The Morgan fingerprint density at radius 3 is 2.29 bits per heavy atom. The van der Waals surface area contributed by atoms with E-state index in [0.29, 0.717) is 36.8 Å². The Morgan fingerprint density at radius 1 is 0.899 bits per heavy atom. The van der Waals surface area contributed by atoms with E-state index in [1.165, 1.54) is 24.1 Å². The zero-order valence-electron chi connectivity index (χ0n) is 37.5. The number of rotatable bonds is 9. The highest BCUT2D eigenvalue weighted by atomic mass is 19.4. The summed E-state index contributed by atoms with van der Waals surface area (Å²) in [6.45, 7) is 4.00. The van der Waals surface area contributed by atoms with E-state index in [2.05, 4.69) is 15.6 Å². The van der Waals surface area contributed by atoms with Crippen molar-refractivity contribution in [2.75, 3.05) is 45.0 Å². The third-order valence-electron chi connectivity index (χ3n) is 13.7. The molecule has 69 heavy (non-hydrogen) atoms. The predicted molar refractivity (Wildman–Crippen MR) is 224 cm³/mol. The maximum Gasteiger partial charge on any atom is 0.435 e. The van der Waals surface area contributed by atoms with Crippen molar-refractivity contribution in [3.8, 4) is 35.4 Å². The molecule has 9 rings (SSSR count). The van der Waals surface area contributed by atoms with Crippen LogP contribution in [0, 0.1) is 24.0 Å². The van der Waals surface area contributed by atoms with Crippen molar-refractivity contribution in [1.82, 2.24) is 24.8 Å². The van der Waals surface area contributed by atoms with Crippen LogP contribution >= 0.6 is 0 Å². The maximum absolute atomic E-state index is 17.8. The second-order valence-corrected chi connectivity index (χ2v) is 19.1. The lowest BCUT2D eigenvalue weighted by Gasteiger charge is -2.47. The number of methoxy groups -OCH3 is 1. The van der Waals surface area contributed by atoms with Gasteiger partial charge in [0.15, 0.2) is 12.6 Å². The maximum atomic E-state index is 17.8. The molecule has 0 aliphatic carbocycles. The summed E-state index contributed by atoms with van der Waals surface area (Å²) in [6.07, 6.45) is -16.3. The van der Waals surface area contributed by atoms with Gasteiger partial charge >= 0.3 is 36.2 Å². The molecule has 0 N–H and O–H groups in total. The second-order valence-electron chi connectivity index (χ2n) is 19.1. The van der Waals surface area contributed by atoms with Crippen molar-refractivity contribution in [3.05, 3.63) is 47.2 Å². The molecular formula is C46H45F11N6O6. The van der Waals surface area contributed by atoms with Crippen molar-refractivity contribution >= 4 is 33.6 Å². The molecule has 0 spiro atoms. The number of alkyl halides is 9. The summed E-state index contributed by atoms with van der Waals surface area (Å²) in [6, 6.07) is 3.82. The molecule has 4 fully saturated rings. The van der Waals surface area contributed by atoms with Crippen LogP contribution in [0.5, 0.6) is 11.8 Å². The molecule has 0 saturated carbocycles. The number of hydrogen-bond donors (Lipinski definition) is 0. The molecular weight excluding hydrogens is 942 g/mol. The first-order chi connectivity index (χ1) is 32.3. The molecule has 5 aliphatic heterocycles. The number of carbonyl (C=O) groups is 1. The van der Waals surface area contributed by atoms with Crippen LogP contribution in [-0.4, -0.2) is 130 Å².